The zero-order chi connectivity index (χ0) is 12.3. The maximum Gasteiger partial charge on any atom is 0.0723 e. The van der Waals surface area contributed by atoms with Gasteiger partial charge in [-0.05, 0) is 23.6 Å². The zero-order valence-electron chi connectivity index (χ0n) is 10.1. The molecular weight excluding hydrogens is 210 g/mol. The fraction of sp³-hybridized carbons (Fsp3) is 0.214. The van der Waals surface area contributed by atoms with Crippen LogP contribution in [-0.4, -0.2) is 4.98 Å². The van der Waals surface area contributed by atoms with Crippen molar-refractivity contribution in [3.63, 3.8) is 0 Å². The number of nitrogens with one attached hydrogen (secondary N) is 1. The third-order valence-corrected chi connectivity index (χ3v) is 2.80. The summed E-state index contributed by atoms with van der Waals surface area (Å²) in [5.41, 5.74) is 6.86. The first-order valence-corrected chi connectivity index (χ1v) is 5.73. The van der Waals surface area contributed by atoms with Gasteiger partial charge in [0.15, 0.2) is 0 Å². The molecule has 3 heteroatoms. The highest BCUT2D eigenvalue weighted by molar-refractivity contribution is 5.64. The Morgan fingerprint density at radius 2 is 1.82 bits per heavy atom. The summed E-state index contributed by atoms with van der Waals surface area (Å²) in [4.78, 5) is 4.34. The Hall–Kier alpha value is -1.87. The largest absolute Gasteiger partial charge is 0.324 e. The van der Waals surface area contributed by atoms with Crippen molar-refractivity contribution in [1.82, 2.24) is 4.98 Å². The van der Waals surface area contributed by atoms with Gasteiger partial charge in [0.25, 0.3) is 0 Å². The fourth-order valence-electron chi connectivity index (χ4n) is 1.72. The molecule has 88 valence electrons. The number of nitrogens with two attached hydrogens (primary N) is 1. The Morgan fingerprint density at radius 3 is 2.41 bits per heavy atom. The van der Waals surface area contributed by atoms with Gasteiger partial charge in [-0.1, -0.05) is 38.1 Å². The predicted molar refractivity (Wildman–Crippen MR) is 71.6 cm³/mol. The van der Waals surface area contributed by atoms with E-state index in [4.69, 9.17) is 5.84 Å². The lowest BCUT2D eigenvalue weighted by Gasteiger charge is -2.07. The van der Waals surface area contributed by atoms with E-state index in [2.05, 4.69) is 48.5 Å². The van der Waals surface area contributed by atoms with Gasteiger partial charge in [0, 0.05) is 11.8 Å². The summed E-state index contributed by atoms with van der Waals surface area (Å²) in [7, 11) is 0. The van der Waals surface area contributed by atoms with Gasteiger partial charge in [-0.2, -0.15) is 0 Å². The smallest absolute Gasteiger partial charge is 0.0723 e. The van der Waals surface area contributed by atoms with Crippen molar-refractivity contribution in [3.05, 3.63) is 48.2 Å². The molecular formula is C14H17N3. The highest BCUT2D eigenvalue weighted by Crippen LogP contribution is 2.22. The first kappa shape index (κ1) is 11.6. The van der Waals surface area contributed by atoms with Crippen molar-refractivity contribution in [3.8, 4) is 11.3 Å². The number of nitrogens with zero attached hydrogens (tertiary/aromatic N) is 1. The van der Waals surface area contributed by atoms with Gasteiger partial charge in [-0.25, -0.2) is 0 Å². The van der Waals surface area contributed by atoms with Crippen LogP contribution in [0.15, 0.2) is 42.6 Å². The number of pyridine rings is 1. The van der Waals surface area contributed by atoms with Crippen LogP contribution in [0, 0.1) is 0 Å². The molecule has 2 aromatic rings. The summed E-state index contributed by atoms with van der Waals surface area (Å²) in [6.45, 7) is 4.37. The molecule has 0 amide bonds. The van der Waals surface area contributed by atoms with E-state index < -0.39 is 0 Å². The number of benzene rings is 1. The van der Waals surface area contributed by atoms with E-state index in [9.17, 15) is 0 Å². The van der Waals surface area contributed by atoms with Crippen LogP contribution in [0.3, 0.4) is 0 Å². The minimum absolute atomic E-state index is 0.550. The normalized spacial score (nSPS) is 10.6. The maximum absolute atomic E-state index is 5.38. The van der Waals surface area contributed by atoms with Gasteiger partial charge >= 0.3 is 0 Å². The van der Waals surface area contributed by atoms with E-state index in [0.29, 0.717) is 5.92 Å². The number of rotatable bonds is 3. The molecule has 0 fully saturated rings. The third-order valence-electron chi connectivity index (χ3n) is 2.80. The fourth-order valence-corrected chi connectivity index (χ4v) is 1.72. The van der Waals surface area contributed by atoms with Crippen molar-refractivity contribution in [2.45, 2.75) is 19.8 Å². The molecule has 17 heavy (non-hydrogen) atoms. The highest BCUT2D eigenvalue weighted by Gasteiger charge is 2.02. The monoisotopic (exact) mass is 227 g/mol. The molecule has 0 atom stereocenters. The van der Waals surface area contributed by atoms with Crippen LogP contribution in [0.5, 0.6) is 0 Å². The van der Waals surface area contributed by atoms with Gasteiger partial charge in [-0.3, -0.25) is 10.8 Å². The van der Waals surface area contributed by atoms with E-state index >= 15 is 0 Å². The van der Waals surface area contributed by atoms with Crippen molar-refractivity contribution in [1.29, 1.82) is 0 Å². The van der Waals surface area contributed by atoms with E-state index in [1.807, 2.05) is 12.1 Å². The topological polar surface area (TPSA) is 50.9 Å². The SMILES string of the molecule is CC(C)c1ccc(-c2cc(NN)ccn2)cc1. The van der Waals surface area contributed by atoms with E-state index in [1.54, 1.807) is 6.20 Å². The molecule has 2 rings (SSSR count). The molecule has 0 aliphatic heterocycles. The molecule has 1 aromatic heterocycles. The Balaban J connectivity index is 2.32. The molecule has 3 N–H and O–H groups in total. The van der Waals surface area contributed by atoms with Gasteiger partial charge in [0.2, 0.25) is 0 Å². The number of hydrogen-bond acceptors (Lipinski definition) is 3. The Kier molecular flexibility index (Phi) is 3.40. The third kappa shape index (κ3) is 2.63. The van der Waals surface area contributed by atoms with Gasteiger partial charge in [0.05, 0.1) is 11.4 Å². The molecule has 0 spiro atoms. The van der Waals surface area contributed by atoms with Gasteiger partial charge in [-0.15, -0.1) is 0 Å². The average molecular weight is 227 g/mol. The van der Waals surface area contributed by atoms with E-state index in [0.717, 1.165) is 16.9 Å². The molecule has 1 aromatic carbocycles. The van der Waals surface area contributed by atoms with Crippen LogP contribution in [0.4, 0.5) is 5.69 Å². The number of nitrogen functional groups attached to an aromatic ring is 1. The molecule has 0 saturated carbocycles. The van der Waals surface area contributed by atoms with E-state index in [1.165, 1.54) is 5.56 Å². The van der Waals surface area contributed by atoms with E-state index in [-0.39, 0.29) is 0 Å². The summed E-state index contributed by atoms with van der Waals surface area (Å²) in [5, 5.41) is 0. The number of aromatic nitrogens is 1. The Labute approximate surface area is 102 Å². The lowest BCUT2D eigenvalue weighted by atomic mass is 10.0. The lowest BCUT2D eigenvalue weighted by Crippen LogP contribution is -2.06. The minimum atomic E-state index is 0.550. The second-order valence-electron chi connectivity index (χ2n) is 4.35. The first-order chi connectivity index (χ1) is 8.20. The molecule has 1 heterocycles. The second-order valence-corrected chi connectivity index (χ2v) is 4.35. The maximum atomic E-state index is 5.38. The molecule has 0 saturated heterocycles. The average Bonchev–Trinajstić information content (AvgIpc) is 2.39. The standard InChI is InChI=1S/C14H17N3/c1-10(2)11-3-5-12(6-4-11)14-9-13(17-15)7-8-16-14/h3-10H,15H2,1-2H3,(H,16,17). The zero-order valence-corrected chi connectivity index (χ0v) is 10.1. The van der Waals surface area contributed by atoms with Crippen LogP contribution < -0.4 is 11.3 Å². The second kappa shape index (κ2) is 4.97. The van der Waals surface area contributed by atoms with Crippen molar-refractivity contribution in [2.24, 2.45) is 5.84 Å². The number of anilines is 1. The molecule has 0 unspecified atom stereocenters. The molecule has 0 aliphatic carbocycles. The molecule has 0 bridgehead atoms. The van der Waals surface area contributed by atoms with Crippen LogP contribution >= 0.6 is 0 Å². The van der Waals surface area contributed by atoms with Crippen LogP contribution in [0.2, 0.25) is 0 Å². The molecule has 0 radical (unpaired) electrons. The Bertz CT molecular complexity index is 489. The number of hydrogen-bond donors (Lipinski definition) is 2. The van der Waals surface area contributed by atoms with Crippen molar-refractivity contribution >= 4 is 5.69 Å². The Morgan fingerprint density at radius 1 is 1.12 bits per heavy atom. The minimum Gasteiger partial charge on any atom is -0.324 e. The quantitative estimate of drug-likeness (QED) is 0.625. The summed E-state index contributed by atoms with van der Waals surface area (Å²) in [6.07, 6.45) is 1.75. The van der Waals surface area contributed by atoms with Gasteiger partial charge in [0.1, 0.15) is 0 Å². The highest BCUT2D eigenvalue weighted by atomic mass is 15.2. The van der Waals surface area contributed by atoms with Crippen LogP contribution in [0.25, 0.3) is 11.3 Å². The summed E-state index contributed by atoms with van der Waals surface area (Å²) in [5.74, 6) is 5.93. The molecule has 3 nitrogen and oxygen atoms in total. The summed E-state index contributed by atoms with van der Waals surface area (Å²) in [6, 6.07) is 12.3. The van der Waals surface area contributed by atoms with Crippen LogP contribution in [0.1, 0.15) is 25.3 Å². The first-order valence-electron chi connectivity index (χ1n) is 5.73. The lowest BCUT2D eigenvalue weighted by molar-refractivity contribution is 0.867. The molecule has 0 aliphatic rings. The van der Waals surface area contributed by atoms with Crippen LogP contribution in [-0.2, 0) is 0 Å². The van der Waals surface area contributed by atoms with Gasteiger partial charge < -0.3 is 5.43 Å². The predicted octanol–water partition coefficient (Wildman–Crippen LogP) is 3.16. The summed E-state index contributed by atoms with van der Waals surface area (Å²) >= 11 is 0. The number of hydrazine groups is 1. The van der Waals surface area contributed by atoms with Crippen molar-refractivity contribution in [2.75, 3.05) is 5.43 Å². The summed E-state index contributed by atoms with van der Waals surface area (Å²) < 4.78 is 0. The van der Waals surface area contributed by atoms with Crippen molar-refractivity contribution < 1.29 is 0 Å².